The van der Waals surface area contributed by atoms with Crippen molar-refractivity contribution in [3.8, 4) is 0 Å². The fourth-order valence-electron chi connectivity index (χ4n) is 0.567. The quantitative estimate of drug-likeness (QED) is 0.685. The Hall–Kier alpha value is -0.800. The average Bonchev–Trinajstić information content (AvgIpc) is 1.85. The van der Waals surface area contributed by atoms with E-state index in [0.717, 1.165) is 0 Å². The van der Waals surface area contributed by atoms with Crippen LogP contribution in [-0.2, 0) is 0 Å². The lowest BCUT2D eigenvalue weighted by Gasteiger charge is -1.93. The Labute approximate surface area is 73.9 Å². The van der Waals surface area contributed by atoms with Crippen LogP contribution in [0.5, 0.6) is 0 Å². The lowest BCUT2D eigenvalue weighted by molar-refractivity contribution is 1.13. The van der Waals surface area contributed by atoms with Gasteiger partial charge in [-0.25, -0.2) is 9.97 Å². The first-order valence-corrected chi connectivity index (χ1v) is 3.56. The Kier molecular flexibility index (Phi) is 2.68. The Morgan fingerprint density at radius 1 is 1.27 bits per heavy atom. The van der Waals surface area contributed by atoms with Crippen molar-refractivity contribution >= 4 is 29.3 Å². The molecule has 0 aromatic carbocycles. The van der Waals surface area contributed by atoms with Crippen molar-refractivity contribution in [3.05, 3.63) is 28.4 Å². The van der Waals surface area contributed by atoms with Gasteiger partial charge in [0.15, 0.2) is 5.82 Å². The molecule has 0 saturated carbocycles. The van der Waals surface area contributed by atoms with Crippen molar-refractivity contribution < 1.29 is 0 Å². The van der Waals surface area contributed by atoms with Crippen LogP contribution in [0.1, 0.15) is 5.82 Å². The van der Waals surface area contributed by atoms with Crippen LogP contribution in [0.3, 0.4) is 0 Å². The molecule has 1 heterocycles. The van der Waals surface area contributed by atoms with E-state index in [2.05, 4.69) is 9.97 Å². The van der Waals surface area contributed by atoms with E-state index < -0.39 is 0 Å². The van der Waals surface area contributed by atoms with Crippen molar-refractivity contribution in [3.63, 3.8) is 0 Å². The molecular weight excluding hydrogens is 185 g/mol. The minimum absolute atomic E-state index is 0.304. The smallest absolute Gasteiger partial charge is 0.156 e. The van der Waals surface area contributed by atoms with Crippen molar-refractivity contribution in [2.75, 3.05) is 0 Å². The van der Waals surface area contributed by atoms with Gasteiger partial charge in [0, 0.05) is 6.07 Å². The van der Waals surface area contributed by atoms with E-state index in [1.807, 2.05) is 0 Å². The highest BCUT2D eigenvalue weighted by atomic mass is 35.5. The van der Waals surface area contributed by atoms with Crippen molar-refractivity contribution in [1.82, 2.24) is 9.97 Å². The molecule has 0 aliphatic rings. The molecule has 0 atom stereocenters. The second kappa shape index (κ2) is 3.55. The molecule has 0 amide bonds. The molecule has 0 fully saturated rings. The topological polar surface area (TPSA) is 51.8 Å². The molecule has 0 unspecified atom stereocenters. The number of hydrogen-bond donors (Lipinski definition) is 1. The SMILES string of the molecule is N/C=C\c1nc(Cl)cc(Cl)n1. The first-order valence-electron chi connectivity index (χ1n) is 2.81. The number of nitrogens with zero attached hydrogens (tertiary/aromatic N) is 2. The minimum Gasteiger partial charge on any atom is -0.404 e. The van der Waals surface area contributed by atoms with Gasteiger partial charge in [0.05, 0.1) is 0 Å². The summed E-state index contributed by atoms with van der Waals surface area (Å²) in [6.45, 7) is 0. The van der Waals surface area contributed by atoms with Crippen molar-refractivity contribution in [1.29, 1.82) is 0 Å². The van der Waals surface area contributed by atoms with E-state index >= 15 is 0 Å². The summed E-state index contributed by atoms with van der Waals surface area (Å²) >= 11 is 11.2. The average molecular weight is 190 g/mol. The summed E-state index contributed by atoms with van der Waals surface area (Å²) in [6, 6.07) is 1.46. The standard InChI is InChI=1S/C6H5Cl2N3/c7-4-3-5(8)11-6(10-4)1-2-9/h1-3H,9H2/b2-1-. The lowest BCUT2D eigenvalue weighted by Crippen LogP contribution is -1.89. The molecule has 5 heteroatoms. The first-order chi connectivity index (χ1) is 5.22. The third-order valence-electron chi connectivity index (χ3n) is 0.926. The maximum atomic E-state index is 5.58. The molecule has 0 aliphatic heterocycles. The fourth-order valence-corrected chi connectivity index (χ4v) is 1.00. The summed E-state index contributed by atoms with van der Waals surface area (Å²) in [5.41, 5.74) is 5.11. The van der Waals surface area contributed by atoms with Gasteiger partial charge in [0.1, 0.15) is 10.3 Å². The largest absolute Gasteiger partial charge is 0.404 e. The monoisotopic (exact) mass is 189 g/mol. The molecular formula is C6H5Cl2N3. The second-order valence-electron chi connectivity index (χ2n) is 1.73. The third-order valence-corrected chi connectivity index (χ3v) is 1.31. The Morgan fingerprint density at radius 3 is 2.27 bits per heavy atom. The molecule has 2 N–H and O–H groups in total. The van der Waals surface area contributed by atoms with E-state index in [4.69, 9.17) is 28.9 Å². The Bertz CT molecular complexity index is 265. The van der Waals surface area contributed by atoms with Gasteiger partial charge in [0.25, 0.3) is 0 Å². The van der Waals surface area contributed by atoms with Crippen LogP contribution in [0.15, 0.2) is 12.3 Å². The minimum atomic E-state index is 0.304. The molecule has 0 bridgehead atoms. The maximum absolute atomic E-state index is 5.58. The van der Waals surface area contributed by atoms with Crippen LogP contribution >= 0.6 is 23.2 Å². The zero-order valence-corrected chi connectivity index (χ0v) is 6.97. The van der Waals surface area contributed by atoms with E-state index in [1.165, 1.54) is 18.3 Å². The van der Waals surface area contributed by atoms with Crippen LogP contribution in [0.25, 0.3) is 6.08 Å². The van der Waals surface area contributed by atoms with Crippen LogP contribution in [-0.4, -0.2) is 9.97 Å². The molecule has 0 radical (unpaired) electrons. The molecule has 0 spiro atoms. The third kappa shape index (κ3) is 2.37. The number of rotatable bonds is 1. The highest BCUT2D eigenvalue weighted by Gasteiger charge is 1.96. The number of halogens is 2. The molecule has 1 aromatic rings. The van der Waals surface area contributed by atoms with Gasteiger partial charge >= 0.3 is 0 Å². The van der Waals surface area contributed by atoms with Gasteiger partial charge in [-0.1, -0.05) is 23.2 Å². The predicted octanol–water partition coefficient (Wildman–Crippen LogP) is 1.71. The summed E-state index contributed by atoms with van der Waals surface area (Å²) < 4.78 is 0. The number of nitrogens with two attached hydrogens (primary N) is 1. The van der Waals surface area contributed by atoms with Gasteiger partial charge in [-0.3, -0.25) is 0 Å². The van der Waals surface area contributed by atoms with Gasteiger partial charge in [-0.05, 0) is 12.3 Å². The molecule has 1 rings (SSSR count). The van der Waals surface area contributed by atoms with Crippen LogP contribution in [0.4, 0.5) is 0 Å². The van der Waals surface area contributed by atoms with E-state index in [-0.39, 0.29) is 0 Å². The Morgan fingerprint density at radius 2 is 1.82 bits per heavy atom. The molecule has 0 aliphatic carbocycles. The van der Waals surface area contributed by atoms with Crippen LogP contribution < -0.4 is 5.73 Å². The lowest BCUT2D eigenvalue weighted by atomic mass is 10.5. The first kappa shape index (κ1) is 8.30. The van der Waals surface area contributed by atoms with E-state index in [9.17, 15) is 0 Å². The van der Waals surface area contributed by atoms with Gasteiger partial charge < -0.3 is 5.73 Å². The van der Waals surface area contributed by atoms with Crippen molar-refractivity contribution in [2.24, 2.45) is 5.73 Å². The summed E-state index contributed by atoms with van der Waals surface area (Å²) in [5, 5.41) is 0.608. The summed E-state index contributed by atoms with van der Waals surface area (Å²) in [7, 11) is 0. The van der Waals surface area contributed by atoms with Crippen LogP contribution in [0, 0.1) is 0 Å². The van der Waals surface area contributed by atoms with Crippen molar-refractivity contribution in [2.45, 2.75) is 0 Å². The molecule has 11 heavy (non-hydrogen) atoms. The number of aromatic nitrogens is 2. The highest BCUT2D eigenvalue weighted by Crippen LogP contribution is 2.11. The summed E-state index contributed by atoms with van der Waals surface area (Å²) in [4.78, 5) is 7.65. The maximum Gasteiger partial charge on any atom is 0.156 e. The zero-order chi connectivity index (χ0) is 8.27. The molecule has 3 nitrogen and oxygen atoms in total. The van der Waals surface area contributed by atoms with Gasteiger partial charge in [0.2, 0.25) is 0 Å². The highest BCUT2D eigenvalue weighted by molar-refractivity contribution is 6.33. The number of hydrogen-bond acceptors (Lipinski definition) is 3. The van der Waals surface area contributed by atoms with E-state index in [1.54, 1.807) is 0 Å². The second-order valence-corrected chi connectivity index (χ2v) is 2.51. The summed E-state index contributed by atoms with van der Waals surface area (Å²) in [6.07, 6.45) is 2.83. The zero-order valence-electron chi connectivity index (χ0n) is 5.46. The molecule has 1 aromatic heterocycles. The summed E-state index contributed by atoms with van der Waals surface area (Å²) in [5.74, 6) is 0.407. The molecule has 58 valence electrons. The fraction of sp³-hybridized carbons (Fsp3) is 0. The normalized spacial score (nSPS) is 10.7. The van der Waals surface area contributed by atoms with E-state index in [0.29, 0.717) is 16.1 Å². The Balaban J connectivity index is 3.08. The van der Waals surface area contributed by atoms with Crippen LogP contribution in [0.2, 0.25) is 10.3 Å². The van der Waals surface area contributed by atoms with Gasteiger partial charge in [-0.2, -0.15) is 0 Å². The van der Waals surface area contributed by atoms with Gasteiger partial charge in [-0.15, -0.1) is 0 Å². The predicted molar refractivity (Wildman–Crippen MR) is 45.3 cm³/mol. The molecule has 0 saturated heterocycles.